The molecule has 1 aliphatic rings. The maximum atomic E-state index is 11.9. The minimum atomic E-state index is -0.454. The second-order valence-electron chi connectivity index (χ2n) is 6.85. The molecule has 3 N–H and O–H groups in total. The van der Waals surface area contributed by atoms with Crippen molar-refractivity contribution in [1.29, 1.82) is 0 Å². The van der Waals surface area contributed by atoms with Crippen molar-refractivity contribution in [2.45, 2.75) is 39.7 Å². The highest BCUT2D eigenvalue weighted by Crippen LogP contribution is 2.27. The number of anilines is 1. The second-order valence-corrected chi connectivity index (χ2v) is 6.85. The van der Waals surface area contributed by atoms with Gasteiger partial charge in [-0.1, -0.05) is 39.0 Å². The van der Waals surface area contributed by atoms with Gasteiger partial charge >= 0.3 is 0 Å². The quantitative estimate of drug-likeness (QED) is 0.814. The van der Waals surface area contributed by atoms with Crippen molar-refractivity contribution < 1.29 is 4.79 Å². The average Bonchev–Trinajstić information content (AvgIpc) is 2.85. The van der Waals surface area contributed by atoms with Crippen molar-refractivity contribution in [3.63, 3.8) is 0 Å². The fourth-order valence-corrected chi connectivity index (χ4v) is 2.62. The van der Waals surface area contributed by atoms with Crippen LogP contribution in [-0.2, 0) is 11.2 Å². The molecule has 0 fully saturated rings. The number of benzene rings is 1. The summed E-state index contributed by atoms with van der Waals surface area (Å²) in [5.74, 6) is -0.0516. The minimum absolute atomic E-state index is 0.0516. The normalized spacial score (nSPS) is 15.7. The highest BCUT2D eigenvalue weighted by atomic mass is 16.2. The predicted octanol–water partition coefficient (Wildman–Crippen LogP) is 1.93. The van der Waals surface area contributed by atoms with Crippen molar-refractivity contribution >= 4 is 11.6 Å². The third-order valence-electron chi connectivity index (χ3n) is 4.10. The van der Waals surface area contributed by atoms with Gasteiger partial charge in [-0.05, 0) is 29.9 Å². The van der Waals surface area contributed by atoms with Gasteiger partial charge in [-0.2, -0.15) is 0 Å². The van der Waals surface area contributed by atoms with E-state index in [0.29, 0.717) is 6.54 Å². The van der Waals surface area contributed by atoms with Gasteiger partial charge in [0, 0.05) is 25.3 Å². The number of nitrogens with two attached hydrogens (primary N) is 1. The highest BCUT2D eigenvalue weighted by Gasteiger charge is 2.27. The smallest absolute Gasteiger partial charge is 0.237 e. The zero-order chi connectivity index (χ0) is 15.5. The number of carbonyl (C=O) groups is 1. The first-order valence-corrected chi connectivity index (χ1v) is 7.76. The van der Waals surface area contributed by atoms with E-state index in [-0.39, 0.29) is 11.3 Å². The number of carbonyl (C=O) groups excluding carboxylic acids is 1. The Balaban J connectivity index is 1.73. The van der Waals surface area contributed by atoms with Crippen LogP contribution in [0.4, 0.5) is 5.69 Å². The Labute approximate surface area is 127 Å². The number of para-hydroxylation sites is 1. The van der Waals surface area contributed by atoms with E-state index in [1.54, 1.807) is 0 Å². The molecule has 1 aromatic carbocycles. The SMILES string of the molecule is CC(C)(C)[C@H](N)C(=O)NCCCN1CCc2ccccc21. The molecule has 0 saturated carbocycles. The lowest BCUT2D eigenvalue weighted by Crippen LogP contribution is -2.49. The van der Waals surface area contributed by atoms with Gasteiger partial charge in [0.2, 0.25) is 5.91 Å². The summed E-state index contributed by atoms with van der Waals surface area (Å²) in [5, 5.41) is 2.95. The summed E-state index contributed by atoms with van der Waals surface area (Å²) in [6, 6.07) is 8.10. The number of rotatable bonds is 5. The van der Waals surface area contributed by atoms with Crippen molar-refractivity contribution in [1.82, 2.24) is 5.32 Å². The maximum absolute atomic E-state index is 11.9. The molecule has 1 atom stereocenters. The fourth-order valence-electron chi connectivity index (χ4n) is 2.62. The van der Waals surface area contributed by atoms with Crippen LogP contribution in [-0.4, -0.2) is 31.6 Å². The van der Waals surface area contributed by atoms with Gasteiger partial charge in [0.25, 0.3) is 0 Å². The first-order valence-electron chi connectivity index (χ1n) is 7.76. The largest absolute Gasteiger partial charge is 0.371 e. The molecule has 4 heteroatoms. The number of fused-ring (bicyclic) bond motifs is 1. The van der Waals surface area contributed by atoms with Crippen LogP contribution in [0.3, 0.4) is 0 Å². The van der Waals surface area contributed by atoms with Gasteiger partial charge in [-0.25, -0.2) is 0 Å². The highest BCUT2D eigenvalue weighted by molar-refractivity contribution is 5.82. The lowest BCUT2D eigenvalue weighted by atomic mass is 9.87. The summed E-state index contributed by atoms with van der Waals surface area (Å²) >= 11 is 0. The molecule has 0 saturated heterocycles. The third kappa shape index (κ3) is 3.97. The number of hydrogen-bond donors (Lipinski definition) is 2. The van der Waals surface area contributed by atoms with E-state index in [0.717, 1.165) is 25.9 Å². The second kappa shape index (κ2) is 6.48. The molecule has 116 valence electrons. The maximum Gasteiger partial charge on any atom is 0.237 e. The van der Waals surface area contributed by atoms with E-state index in [1.807, 2.05) is 20.8 Å². The van der Waals surface area contributed by atoms with Crippen LogP contribution in [0, 0.1) is 5.41 Å². The average molecular weight is 289 g/mol. The number of hydrogen-bond acceptors (Lipinski definition) is 3. The van der Waals surface area contributed by atoms with Gasteiger partial charge in [0.1, 0.15) is 0 Å². The molecule has 1 aliphatic heterocycles. The van der Waals surface area contributed by atoms with Crippen LogP contribution in [0.5, 0.6) is 0 Å². The number of nitrogens with zero attached hydrogens (tertiary/aromatic N) is 1. The van der Waals surface area contributed by atoms with Crippen LogP contribution in [0.2, 0.25) is 0 Å². The Hall–Kier alpha value is -1.55. The van der Waals surface area contributed by atoms with Crippen molar-refractivity contribution in [2.24, 2.45) is 11.1 Å². The molecule has 0 unspecified atom stereocenters. The summed E-state index contributed by atoms with van der Waals surface area (Å²) < 4.78 is 0. The molecule has 0 spiro atoms. The molecule has 4 nitrogen and oxygen atoms in total. The number of nitrogens with one attached hydrogen (secondary N) is 1. The Kier molecular flexibility index (Phi) is 4.88. The van der Waals surface area contributed by atoms with Crippen molar-refractivity contribution in [3.05, 3.63) is 29.8 Å². The minimum Gasteiger partial charge on any atom is -0.371 e. The van der Waals surface area contributed by atoms with Crippen LogP contribution in [0.15, 0.2) is 24.3 Å². The van der Waals surface area contributed by atoms with Crippen LogP contribution in [0.25, 0.3) is 0 Å². The molecule has 1 heterocycles. The first-order chi connectivity index (χ1) is 9.89. The molecule has 21 heavy (non-hydrogen) atoms. The Morgan fingerprint density at radius 2 is 2.10 bits per heavy atom. The molecule has 0 radical (unpaired) electrons. The predicted molar refractivity (Wildman–Crippen MR) is 87.4 cm³/mol. The first kappa shape index (κ1) is 15.8. The van der Waals surface area contributed by atoms with Gasteiger partial charge in [0.15, 0.2) is 0 Å². The summed E-state index contributed by atoms with van der Waals surface area (Å²) in [6.45, 7) is 8.69. The van der Waals surface area contributed by atoms with E-state index in [2.05, 4.69) is 34.5 Å². The van der Waals surface area contributed by atoms with Crippen LogP contribution >= 0.6 is 0 Å². The van der Waals surface area contributed by atoms with Gasteiger partial charge in [-0.15, -0.1) is 0 Å². The van der Waals surface area contributed by atoms with E-state index in [1.165, 1.54) is 11.3 Å². The molecular weight excluding hydrogens is 262 g/mol. The van der Waals surface area contributed by atoms with Crippen LogP contribution in [0.1, 0.15) is 32.8 Å². The zero-order valence-corrected chi connectivity index (χ0v) is 13.4. The standard InChI is InChI=1S/C17H27N3O/c1-17(2,3)15(18)16(21)19-10-6-11-20-12-9-13-7-4-5-8-14(13)20/h4-5,7-8,15H,6,9-12,18H2,1-3H3,(H,19,21)/t15-/m1/s1. The van der Waals surface area contributed by atoms with Gasteiger partial charge in [0.05, 0.1) is 6.04 Å². The monoisotopic (exact) mass is 289 g/mol. The Morgan fingerprint density at radius 1 is 1.38 bits per heavy atom. The summed E-state index contributed by atoms with van der Waals surface area (Å²) in [5.41, 5.74) is 8.51. The molecule has 0 bridgehead atoms. The molecule has 2 rings (SSSR count). The summed E-state index contributed by atoms with van der Waals surface area (Å²) in [7, 11) is 0. The third-order valence-corrected chi connectivity index (χ3v) is 4.10. The molecular formula is C17H27N3O. The van der Waals surface area contributed by atoms with Crippen molar-refractivity contribution in [3.8, 4) is 0 Å². The van der Waals surface area contributed by atoms with E-state index < -0.39 is 6.04 Å². The molecule has 0 aromatic heterocycles. The number of amides is 1. The molecule has 1 aromatic rings. The Bertz CT molecular complexity index is 493. The zero-order valence-electron chi connectivity index (χ0n) is 13.4. The summed E-state index contributed by atoms with van der Waals surface area (Å²) in [4.78, 5) is 14.3. The van der Waals surface area contributed by atoms with E-state index in [9.17, 15) is 4.79 Å². The van der Waals surface area contributed by atoms with Gasteiger partial charge in [-0.3, -0.25) is 4.79 Å². The lowest BCUT2D eigenvalue weighted by molar-refractivity contribution is -0.124. The van der Waals surface area contributed by atoms with E-state index >= 15 is 0 Å². The summed E-state index contributed by atoms with van der Waals surface area (Å²) in [6.07, 6.45) is 2.06. The lowest BCUT2D eigenvalue weighted by Gasteiger charge is -2.26. The van der Waals surface area contributed by atoms with Gasteiger partial charge < -0.3 is 16.0 Å². The van der Waals surface area contributed by atoms with E-state index in [4.69, 9.17) is 5.73 Å². The Morgan fingerprint density at radius 3 is 2.81 bits per heavy atom. The van der Waals surface area contributed by atoms with Crippen molar-refractivity contribution in [2.75, 3.05) is 24.5 Å². The fraction of sp³-hybridized carbons (Fsp3) is 0.588. The molecule has 0 aliphatic carbocycles. The molecule has 1 amide bonds. The van der Waals surface area contributed by atoms with Crippen LogP contribution < -0.4 is 16.0 Å². The topological polar surface area (TPSA) is 58.4 Å².